The third-order valence-corrected chi connectivity index (χ3v) is 4.98. The summed E-state index contributed by atoms with van der Waals surface area (Å²) in [5.74, 6) is 0.394. The Morgan fingerprint density at radius 1 is 1.26 bits per heavy atom. The molecular formula is C21H26ClFN2O2. The minimum Gasteiger partial charge on any atom is -0.496 e. The van der Waals surface area contributed by atoms with E-state index < -0.39 is 0 Å². The summed E-state index contributed by atoms with van der Waals surface area (Å²) in [5, 5.41) is 3.35. The van der Waals surface area contributed by atoms with Crippen molar-refractivity contribution >= 4 is 18.3 Å². The van der Waals surface area contributed by atoms with Crippen LogP contribution in [0.25, 0.3) is 0 Å². The summed E-state index contributed by atoms with van der Waals surface area (Å²) in [5.41, 5.74) is 1.58. The zero-order valence-corrected chi connectivity index (χ0v) is 16.5. The molecule has 3 rings (SSSR count). The smallest absolute Gasteiger partial charge is 0.223 e. The van der Waals surface area contributed by atoms with E-state index in [1.807, 2.05) is 42.2 Å². The van der Waals surface area contributed by atoms with Crippen LogP contribution in [0.3, 0.4) is 0 Å². The number of rotatable bonds is 5. The van der Waals surface area contributed by atoms with Crippen LogP contribution >= 0.6 is 12.4 Å². The molecule has 1 aliphatic rings. The van der Waals surface area contributed by atoms with Crippen molar-refractivity contribution < 1.29 is 13.9 Å². The highest BCUT2D eigenvalue weighted by Gasteiger charge is 2.30. The number of nitrogens with one attached hydrogen (secondary N) is 1. The SMILES string of the molecule is COc1ccccc1C1CNCCN1C(=O)CC(C)c1ccccc1F.Cl. The molecule has 1 fully saturated rings. The normalized spacial score (nSPS) is 17.7. The lowest BCUT2D eigenvalue weighted by atomic mass is 9.95. The fraction of sp³-hybridized carbons (Fsp3) is 0.381. The average molecular weight is 393 g/mol. The van der Waals surface area contributed by atoms with Gasteiger partial charge in [-0.2, -0.15) is 0 Å². The fourth-order valence-electron chi connectivity index (χ4n) is 3.59. The van der Waals surface area contributed by atoms with Gasteiger partial charge in [0.25, 0.3) is 0 Å². The first kappa shape index (κ1) is 21.2. The summed E-state index contributed by atoms with van der Waals surface area (Å²) in [6, 6.07) is 14.4. The summed E-state index contributed by atoms with van der Waals surface area (Å²) in [6.07, 6.45) is 0.284. The van der Waals surface area contributed by atoms with Crippen molar-refractivity contribution in [2.45, 2.75) is 25.3 Å². The number of hydrogen-bond acceptors (Lipinski definition) is 3. The maximum atomic E-state index is 14.0. The first-order valence-corrected chi connectivity index (χ1v) is 8.99. The number of nitrogens with zero attached hydrogens (tertiary/aromatic N) is 1. The van der Waals surface area contributed by atoms with Gasteiger partial charge in [0.15, 0.2) is 0 Å². The van der Waals surface area contributed by atoms with Crippen LogP contribution in [0.5, 0.6) is 5.75 Å². The van der Waals surface area contributed by atoms with E-state index in [0.717, 1.165) is 17.9 Å². The molecule has 2 unspecified atom stereocenters. The molecule has 0 radical (unpaired) electrons. The van der Waals surface area contributed by atoms with Gasteiger partial charge in [-0.1, -0.05) is 43.3 Å². The second-order valence-electron chi connectivity index (χ2n) is 6.68. The molecule has 1 saturated heterocycles. The van der Waals surface area contributed by atoms with Gasteiger partial charge < -0.3 is 15.0 Å². The van der Waals surface area contributed by atoms with Gasteiger partial charge in [-0.3, -0.25) is 4.79 Å². The molecule has 0 aliphatic carbocycles. The molecule has 2 aromatic rings. The third kappa shape index (κ3) is 4.79. The van der Waals surface area contributed by atoms with E-state index in [2.05, 4.69) is 5.32 Å². The van der Waals surface area contributed by atoms with Crippen molar-refractivity contribution in [2.75, 3.05) is 26.7 Å². The molecule has 4 nitrogen and oxygen atoms in total. The highest BCUT2D eigenvalue weighted by atomic mass is 35.5. The largest absolute Gasteiger partial charge is 0.496 e. The van der Waals surface area contributed by atoms with Gasteiger partial charge in [-0.15, -0.1) is 12.4 Å². The van der Waals surface area contributed by atoms with Crippen LogP contribution in [0, 0.1) is 5.82 Å². The number of ether oxygens (including phenoxy) is 1. The minimum absolute atomic E-state index is 0. The number of methoxy groups -OCH3 is 1. The fourth-order valence-corrected chi connectivity index (χ4v) is 3.59. The highest BCUT2D eigenvalue weighted by molar-refractivity contribution is 5.85. The number of halogens is 2. The summed E-state index contributed by atoms with van der Waals surface area (Å²) in [7, 11) is 1.64. The Bertz CT molecular complexity index is 771. The van der Waals surface area contributed by atoms with E-state index in [4.69, 9.17) is 4.74 Å². The molecule has 2 atom stereocenters. The predicted molar refractivity (Wildman–Crippen MR) is 107 cm³/mol. The van der Waals surface area contributed by atoms with E-state index in [-0.39, 0.29) is 42.5 Å². The van der Waals surface area contributed by atoms with Crippen LogP contribution in [0.15, 0.2) is 48.5 Å². The Kier molecular flexibility index (Phi) is 7.63. The maximum absolute atomic E-state index is 14.0. The predicted octanol–water partition coefficient (Wildman–Crippen LogP) is 3.92. The Morgan fingerprint density at radius 3 is 2.70 bits per heavy atom. The number of piperazine rings is 1. The Hall–Kier alpha value is -2.11. The van der Waals surface area contributed by atoms with Crippen LogP contribution in [0.2, 0.25) is 0 Å². The molecule has 6 heteroatoms. The van der Waals surface area contributed by atoms with Crippen LogP contribution in [0.1, 0.15) is 36.4 Å². The van der Waals surface area contributed by atoms with Crippen LogP contribution in [-0.4, -0.2) is 37.6 Å². The molecule has 1 heterocycles. The van der Waals surface area contributed by atoms with Crippen molar-refractivity contribution in [3.05, 3.63) is 65.5 Å². The Labute approximate surface area is 166 Å². The van der Waals surface area contributed by atoms with Gasteiger partial charge in [-0.25, -0.2) is 4.39 Å². The lowest BCUT2D eigenvalue weighted by molar-refractivity contribution is -0.134. The standard InChI is InChI=1S/C21H25FN2O2.ClH/c1-15(16-7-3-5-9-18(16)22)13-21(25)24-12-11-23-14-19(24)17-8-4-6-10-20(17)26-2;/h3-10,15,19,23H,11-14H2,1-2H3;1H. The number of hydrogen-bond donors (Lipinski definition) is 1. The second-order valence-corrected chi connectivity index (χ2v) is 6.68. The van der Waals surface area contributed by atoms with Gasteiger partial charge in [0.2, 0.25) is 5.91 Å². The quantitative estimate of drug-likeness (QED) is 0.838. The molecule has 1 amide bonds. The van der Waals surface area contributed by atoms with E-state index in [0.29, 0.717) is 18.7 Å². The first-order valence-electron chi connectivity index (χ1n) is 8.99. The zero-order chi connectivity index (χ0) is 18.5. The summed E-state index contributed by atoms with van der Waals surface area (Å²) in [6.45, 7) is 3.97. The van der Waals surface area contributed by atoms with Crippen LogP contribution in [0.4, 0.5) is 4.39 Å². The van der Waals surface area contributed by atoms with Crippen molar-refractivity contribution in [1.82, 2.24) is 10.2 Å². The third-order valence-electron chi connectivity index (χ3n) is 4.98. The topological polar surface area (TPSA) is 41.6 Å². The molecule has 0 spiro atoms. The summed E-state index contributed by atoms with van der Waals surface area (Å²) >= 11 is 0. The van der Waals surface area contributed by atoms with Crippen LogP contribution < -0.4 is 10.1 Å². The Morgan fingerprint density at radius 2 is 1.96 bits per heavy atom. The zero-order valence-electron chi connectivity index (χ0n) is 15.7. The first-order chi connectivity index (χ1) is 12.6. The number of benzene rings is 2. The lowest BCUT2D eigenvalue weighted by Gasteiger charge is -2.37. The molecule has 1 aliphatic heterocycles. The molecule has 0 saturated carbocycles. The molecular weight excluding hydrogens is 367 g/mol. The number of para-hydroxylation sites is 1. The summed E-state index contributed by atoms with van der Waals surface area (Å²) in [4.78, 5) is 14.9. The highest BCUT2D eigenvalue weighted by Crippen LogP contribution is 2.32. The van der Waals surface area contributed by atoms with Crippen molar-refractivity contribution in [3.63, 3.8) is 0 Å². The van der Waals surface area contributed by atoms with E-state index in [1.165, 1.54) is 6.07 Å². The van der Waals surface area contributed by atoms with Crippen LogP contribution in [-0.2, 0) is 4.79 Å². The van der Waals surface area contributed by atoms with Gasteiger partial charge in [0.05, 0.1) is 13.2 Å². The second kappa shape index (κ2) is 9.72. The van der Waals surface area contributed by atoms with Crippen molar-refractivity contribution in [2.24, 2.45) is 0 Å². The number of carbonyl (C=O) groups excluding carboxylic acids is 1. The lowest BCUT2D eigenvalue weighted by Crippen LogP contribution is -2.49. The molecule has 27 heavy (non-hydrogen) atoms. The molecule has 146 valence electrons. The summed E-state index contributed by atoms with van der Waals surface area (Å²) < 4.78 is 19.5. The number of amides is 1. The monoisotopic (exact) mass is 392 g/mol. The van der Waals surface area contributed by atoms with Crippen molar-refractivity contribution in [3.8, 4) is 5.75 Å². The van der Waals surface area contributed by atoms with E-state index in [9.17, 15) is 9.18 Å². The Balaban J connectivity index is 0.00000261. The van der Waals surface area contributed by atoms with Gasteiger partial charge in [-0.05, 0) is 23.6 Å². The van der Waals surface area contributed by atoms with Gasteiger partial charge in [0.1, 0.15) is 11.6 Å². The maximum Gasteiger partial charge on any atom is 0.223 e. The molecule has 0 bridgehead atoms. The molecule has 2 aromatic carbocycles. The van der Waals surface area contributed by atoms with Gasteiger partial charge >= 0.3 is 0 Å². The molecule has 0 aromatic heterocycles. The average Bonchev–Trinajstić information content (AvgIpc) is 2.68. The van der Waals surface area contributed by atoms with Gasteiger partial charge in [0, 0.05) is 31.6 Å². The molecule has 1 N–H and O–H groups in total. The van der Waals surface area contributed by atoms with E-state index in [1.54, 1.807) is 19.2 Å². The number of carbonyl (C=O) groups is 1. The van der Waals surface area contributed by atoms with Crippen molar-refractivity contribution in [1.29, 1.82) is 0 Å². The minimum atomic E-state index is -0.255. The van der Waals surface area contributed by atoms with E-state index >= 15 is 0 Å².